The lowest BCUT2D eigenvalue weighted by Crippen LogP contribution is -2.38. The van der Waals surface area contributed by atoms with Gasteiger partial charge in [-0.25, -0.2) is 14.8 Å². The van der Waals surface area contributed by atoms with E-state index in [0.29, 0.717) is 24.5 Å². The first-order valence-corrected chi connectivity index (χ1v) is 10.3. The number of nitrogens with zero attached hydrogens (tertiary/aromatic N) is 3. The molecule has 1 saturated heterocycles. The van der Waals surface area contributed by atoms with E-state index in [2.05, 4.69) is 10.2 Å². The maximum absolute atomic E-state index is 12.0. The smallest absolute Gasteiger partial charge is 0.407 e. The topological polar surface area (TPSA) is 96.8 Å². The highest BCUT2D eigenvalue weighted by Gasteiger charge is 2.27. The van der Waals surface area contributed by atoms with Gasteiger partial charge in [-0.05, 0) is 43.2 Å². The van der Waals surface area contributed by atoms with E-state index in [0.717, 1.165) is 35.2 Å². The normalized spacial score (nSPS) is 15.9. The average molecular weight is 422 g/mol. The number of anilines is 1. The summed E-state index contributed by atoms with van der Waals surface area (Å²) in [5.41, 5.74) is 2.50. The Hall–Kier alpha value is -3.39. The predicted octanol–water partition coefficient (Wildman–Crippen LogP) is 3.26. The number of phenolic OH excluding ortho intramolecular Hbond substituents is 1. The number of hydrogen-bond acceptors (Lipinski definition) is 7. The van der Waals surface area contributed by atoms with Gasteiger partial charge >= 0.3 is 6.09 Å². The molecule has 8 heteroatoms. The predicted molar refractivity (Wildman–Crippen MR) is 118 cm³/mol. The number of hydrogen-bond donors (Lipinski definition) is 2. The van der Waals surface area contributed by atoms with Crippen molar-refractivity contribution in [2.45, 2.75) is 19.4 Å². The summed E-state index contributed by atoms with van der Waals surface area (Å²) in [7, 11) is 1.56. The van der Waals surface area contributed by atoms with Crippen LogP contribution in [0.2, 0.25) is 0 Å². The molecule has 2 heterocycles. The molecule has 1 atom stereocenters. The molecular formula is C23H26N4O4. The van der Waals surface area contributed by atoms with Gasteiger partial charge in [0.1, 0.15) is 18.2 Å². The largest absolute Gasteiger partial charge is 0.507 e. The van der Waals surface area contributed by atoms with E-state index in [1.807, 2.05) is 31.2 Å². The van der Waals surface area contributed by atoms with Crippen molar-refractivity contribution in [2.75, 3.05) is 38.3 Å². The van der Waals surface area contributed by atoms with Gasteiger partial charge in [0.25, 0.3) is 0 Å². The molecule has 1 aliphatic heterocycles. The Kier molecular flexibility index (Phi) is 6.18. The average Bonchev–Trinajstić information content (AvgIpc) is 3.21. The quantitative estimate of drug-likeness (QED) is 0.589. The van der Waals surface area contributed by atoms with Crippen LogP contribution in [0, 0.1) is 6.92 Å². The number of ether oxygens (including phenoxy) is 2. The number of amides is 1. The monoisotopic (exact) mass is 422 g/mol. The minimum atomic E-state index is -0.443. The van der Waals surface area contributed by atoms with Gasteiger partial charge in [-0.2, -0.15) is 0 Å². The molecule has 1 aliphatic rings. The highest BCUT2D eigenvalue weighted by Crippen LogP contribution is 2.33. The number of carbonyl (C=O) groups is 1. The van der Waals surface area contributed by atoms with Crippen molar-refractivity contribution >= 4 is 22.8 Å². The van der Waals surface area contributed by atoms with Crippen molar-refractivity contribution in [3.63, 3.8) is 0 Å². The third kappa shape index (κ3) is 4.69. The van der Waals surface area contributed by atoms with Crippen LogP contribution in [0.1, 0.15) is 12.0 Å². The Bertz CT molecular complexity index is 1090. The Morgan fingerprint density at radius 1 is 1.23 bits per heavy atom. The van der Waals surface area contributed by atoms with Gasteiger partial charge < -0.3 is 24.8 Å². The molecule has 3 aromatic rings. The van der Waals surface area contributed by atoms with E-state index in [-0.39, 0.29) is 18.4 Å². The van der Waals surface area contributed by atoms with Crippen LogP contribution in [0.5, 0.6) is 5.75 Å². The highest BCUT2D eigenvalue weighted by atomic mass is 16.6. The minimum Gasteiger partial charge on any atom is -0.507 e. The zero-order valence-electron chi connectivity index (χ0n) is 17.7. The lowest BCUT2D eigenvalue weighted by molar-refractivity contribution is 0.0969. The number of methoxy groups -OCH3 is 1. The molecule has 2 N–H and O–H groups in total. The lowest BCUT2D eigenvalue weighted by Gasteiger charge is -2.21. The fourth-order valence-electron chi connectivity index (χ4n) is 3.74. The molecule has 4 rings (SSSR count). The van der Waals surface area contributed by atoms with Gasteiger partial charge in [0.15, 0.2) is 5.82 Å². The fraction of sp³-hybridized carbons (Fsp3) is 0.348. The van der Waals surface area contributed by atoms with Crippen molar-refractivity contribution in [3.8, 4) is 17.1 Å². The Morgan fingerprint density at radius 3 is 2.87 bits per heavy atom. The number of phenols is 1. The number of aryl methyl sites for hydroxylation is 1. The van der Waals surface area contributed by atoms with Crippen LogP contribution in [-0.4, -0.2) is 60.6 Å². The molecular weight excluding hydrogens is 396 g/mol. The van der Waals surface area contributed by atoms with E-state index in [1.165, 1.54) is 0 Å². The van der Waals surface area contributed by atoms with Gasteiger partial charge in [0.05, 0.1) is 23.7 Å². The third-order valence-electron chi connectivity index (χ3n) is 5.31. The number of carbonyl (C=O) groups excluding carboxylic acids is 1. The third-order valence-corrected chi connectivity index (χ3v) is 5.31. The van der Waals surface area contributed by atoms with Gasteiger partial charge in [-0.1, -0.05) is 18.2 Å². The van der Waals surface area contributed by atoms with Crippen molar-refractivity contribution in [1.29, 1.82) is 0 Å². The molecule has 8 nitrogen and oxygen atoms in total. The molecule has 162 valence electrons. The molecule has 0 radical (unpaired) electrons. The van der Waals surface area contributed by atoms with Crippen LogP contribution >= 0.6 is 0 Å². The number of aromatic hydroxyl groups is 1. The summed E-state index contributed by atoms with van der Waals surface area (Å²) in [4.78, 5) is 23.6. The SMILES string of the molecule is COCCOC(=O)NC1CCN(c2nc(-c3ccccc3O)nc3cc(C)ccc23)C1. The summed E-state index contributed by atoms with van der Waals surface area (Å²) in [5.74, 6) is 1.40. The van der Waals surface area contributed by atoms with E-state index in [4.69, 9.17) is 19.4 Å². The van der Waals surface area contributed by atoms with Crippen LogP contribution in [0.4, 0.5) is 10.6 Å². The zero-order chi connectivity index (χ0) is 21.8. The second kappa shape index (κ2) is 9.18. The number of fused-ring (bicyclic) bond motifs is 1. The van der Waals surface area contributed by atoms with Gasteiger partial charge in [-0.15, -0.1) is 0 Å². The lowest BCUT2D eigenvalue weighted by atomic mass is 10.1. The van der Waals surface area contributed by atoms with Gasteiger partial charge in [-0.3, -0.25) is 0 Å². The standard InChI is InChI=1S/C23H26N4O4/c1-15-7-8-17-19(13-15)25-21(18-5-3-4-6-20(18)28)26-22(17)27-10-9-16(14-27)24-23(29)31-12-11-30-2/h3-8,13,16,28H,9-12,14H2,1-2H3,(H,24,29). The molecule has 0 spiro atoms. The number of aromatic nitrogens is 2. The second-order valence-corrected chi connectivity index (χ2v) is 7.61. The summed E-state index contributed by atoms with van der Waals surface area (Å²) in [6.07, 6.45) is 0.338. The zero-order valence-corrected chi connectivity index (χ0v) is 17.7. The Morgan fingerprint density at radius 2 is 2.06 bits per heavy atom. The van der Waals surface area contributed by atoms with E-state index in [1.54, 1.807) is 25.3 Å². The van der Waals surface area contributed by atoms with E-state index in [9.17, 15) is 9.90 Å². The number of benzene rings is 2. The Balaban J connectivity index is 1.61. The van der Waals surface area contributed by atoms with E-state index >= 15 is 0 Å². The minimum absolute atomic E-state index is 0.0425. The van der Waals surface area contributed by atoms with Gasteiger partial charge in [0.2, 0.25) is 0 Å². The molecule has 1 unspecified atom stereocenters. The van der Waals surface area contributed by atoms with Crippen molar-refractivity contribution in [3.05, 3.63) is 48.0 Å². The molecule has 2 aromatic carbocycles. The molecule has 0 bridgehead atoms. The van der Waals surface area contributed by atoms with E-state index < -0.39 is 6.09 Å². The van der Waals surface area contributed by atoms with Crippen LogP contribution < -0.4 is 10.2 Å². The molecule has 0 saturated carbocycles. The molecule has 1 aromatic heterocycles. The summed E-state index contributed by atoms with van der Waals surface area (Å²) in [5, 5.41) is 14.2. The van der Waals surface area contributed by atoms with Crippen LogP contribution in [0.15, 0.2) is 42.5 Å². The summed E-state index contributed by atoms with van der Waals surface area (Å²) >= 11 is 0. The fourth-order valence-corrected chi connectivity index (χ4v) is 3.74. The summed E-state index contributed by atoms with van der Waals surface area (Å²) < 4.78 is 10.0. The number of para-hydroxylation sites is 1. The summed E-state index contributed by atoms with van der Waals surface area (Å²) in [6.45, 7) is 3.96. The van der Waals surface area contributed by atoms with Crippen LogP contribution in [0.3, 0.4) is 0 Å². The second-order valence-electron chi connectivity index (χ2n) is 7.61. The maximum Gasteiger partial charge on any atom is 0.407 e. The number of rotatable bonds is 6. The van der Waals surface area contributed by atoms with Crippen molar-refractivity contribution < 1.29 is 19.4 Å². The highest BCUT2D eigenvalue weighted by molar-refractivity contribution is 5.92. The van der Waals surface area contributed by atoms with Crippen molar-refractivity contribution in [2.24, 2.45) is 0 Å². The van der Waals surface area contributed by atoms with Crippen LogP contribution in [-0.2, 0) is 9.47 Å². The van der Waals surface area contributed by atoms with Crippen molar-refractivity contribution in [1.82, 2.24) is 15.3 Å². The molecule has 0 aliphatic carbocycles. The maximum atomic E-state index is 12.0. The number of alkyl carbamates (subject to hydrolysis) is 1. The number of nitrogens with one attached hydrogen (secondary N) is 1. The first-order valence-electron chi connectivity index (χ1n) is 10.3. The molecule has 31 heavy (non-hydrogen) atoms. The first-order chi connectivity index (χ1) is 15.0. The molecule has 1 amide bonds. The Labute approximate surface area is 180 Å². The summed E-state index contributed by atoms with van der Waals surface area (Å²) in [6, 6.07) is 13.1. The molecule has 1 fully saturated rings. The first kappa shape index (κ1) is 20.9. The van der Waals surface area contributed by atoms with Gasteiger partial charge in [0, 0.05) is 25.6 Å². The van der Waals surface area contributed by atoms with Crippen LogP contribution in [0.25, 0.3) is 22.3 Å².